The van der Waals surface area contributed by atoms with Crippen molar-refractivity contribution in [1.82, 2.24) is 0 Å². The number of carbonyl (C=O) groups is 2. The predicted octanol–water partition coefficient (Wildman–Crippen LogP) is 3.99. The highest BCUT2D eigenvalue weighted by molar-refractivity contribution is 8.00. The molecule has 4 nitrogen and oxygen atoms in total. The van der Waals surface area contributed by atoms with Gasteiger partial charge in [0, 0.05) is 4.90 Å². The van der Waals surface area contributed by atoms with E-state index >= 15 is 0 Å². The molecule has 138 valence electrons. The number of halogens is 3. The third-order valence-corrected chi connectivity index (χ3v) is 4.48. The Balaban J connectivity index is 1.80. The van der Waals surface area contributed by atoms with Crippen molar-refractivity contribution in [2.24, 2.45) is 0 Å². The van der Waals surface area contributed by atoms with Crippen molar-refractivity contribution in [2.45, 2.75) is 18.7 Å². The third-order valence-electron chi connectivity index (χ3n) is 3.51. The van der Waals surface area contributed by atoms with Crippen molar-refractivity contribution in [3.8, 4) is 0 Å². The standard InChI is InChI=1S/C18H16F3NO3S/c1-10-3-4-12(7-11(10)2)26-9-16(24)25-8-15(23)22-14-6-5-13(19)17(20)18(14)21/h3-7H,8-9H2,1-2H3,(H,22,23). The number of amides is 1. The molecule has 0 atom stereocenters. The Hall–Kier alpha value is -2.48. The average molecular weight is 383 g/mol. The molecule has 8 heteroatoms. The molecule has 0 fully saturated rings. The molecule has 0 saturated carbocycles. The molecule has 0 aliphatic carbocycles. The minimum Gasteiger partial charge on any atom is -0.455 e. The van der Waals surface area contributed by atoms with Crippen LogP contribution in [-0.2, 0) is 14.3 Å². The van der Waals surface area contributed by atoms with Crippen molar-refractivity contribution in [3.05, 3.63) is 58.9 Å². The molecule has 2 aromatic carbocycles. The summed E-state index contributed by atoms with van der Waals surface area (Å²) in [5.41, 5.74) is 1.70. The molecule has 0 saturated heterocycles. The average Bonchev–Trinajstić information content (AvgIpc) is 2.61. The summed E-state index contributed by atoms with van der Waals surface area (Å²) in [7, 11) is 0. The second-order valence-electron chi connectivity index (χ2n) is 5.47. The van der Waals surface area contributed by atoms with Gasteiger partial charge in [0.15, 0.2) is 24.1 Å². The number of esters is 1. The lowest BCUT2D eigenvalue weighted by atomic mass is 10.1. The zero-order valence-electron chi connectivity index (χ0n) is 14.1. The van der Waals surface area contributed by atoms with Crippen molar-refractivity contribution in [1.29, 1.82) is 0 Å². The van der Waals surface area contributed by atoms with Crippen LogP contribution in [0.4, 0.5) is 18.9 Å². The summed E-state index contributed by atoms with van der Waals surface area (Å²) in [6, 6.07) is 7.31. The summed E-state index contributed by atoms with van der Waals surface area (Å²) in [6.45, 7) is 3.27. The van der Waals surface area contributed by atoms with Crippen LogP contribution in [0.25, 0.3) is 0 Å². The van der Waals surface area contributed by atoms with Gasteiger partial charge in [-0.2, -0.15) is 0 Å². The lowest BCUT2D eigenvalue weighted by molar-refractivity contribution is -0.144. The Morgan fingerprint density at radius 3 is 2.46 bits per heavy atom. The third kappa shape index (κ3) is 5.26. The molecular formula is C18H16F3NO3S. The van der Waals surface area contributed by atoms with Gasteiger partial charge in [-0.25, -0.2) is 13.2 Å². The Bertz CT molecular complexity index is 843. The van der Waals surface area contributed by atoms with E-state index < -0.39 is 41.6 Å². The lowest BCUT2D eigenvalue weighted by Gasteiger charge is -2.08. The fourth-order valence-corrected chi connectivity index (χ4v) is 2.73. The van der Waals surface area contributed by atoms with Gasteiger partial charge in [-0.3, -0.25) is 9.59 Å². The highest BCUT2D eigenvalue weighted by Crippen LogP contribution is 2.21. The van der Waals surface area contributed by atoms with E-state index in [0.29, 0.717) is 6.07 Å². The smallest absolute Gasteiger partial charge is 0.316 e. The molecule has 26 heavy (non-hydrogen) atoms. The second-order valence-corrected chi connectivity index (χ2v) is 6.52. The minimum absolute atomic E-state index is 0.00464. The molecule has 0 aromatic heterocycles. The van der Waals surface area contributed by atoms with E-state index in [1.165, 1.54) is 11.8 Å². The molecule has 0 radical (unpaired) electrons. The Morgan fingerprint density at radius 1 is 1.04 bits per heavy atom. The topological polar surface area (TPSA) is 55.4 Å². The van der Waals surface area contributed by atoms with Crippen LogP contribution < -0.4 is 5.32 Å². The van der Waals surface area contributed by atoms with Gasteiger partial charge in [-0.05, 0) is 49.2 Å². The van der Waals surface area contributed by atoms with Crippen LogP contribution in [0.5, 0.6) is 0 Å². The van der Waals surface area contributed by atoms with Gasteiger partial charge < -0.3 is 10.1 Å². The quantitative estimate of drug-likeness (QED) is 0.466. The van der Waals surface area contributed by atoms with Gasteiger partial charge in [0.1, 0.15) is 0 Å². The molecule has 1 N–H and O–H groups in total. The van der Waals surface area contributed by atoms with Crippen molar-refractivity contribution >= 4 is 29.3 Å². The lowest BCUT2D eigenvalue weighted by Crippen LogP contribution is -2.22. The van der Waals surface area contributed by atoms with Crippen LogP contribution in [0.3, 0.4) is 0 Å². The Labute approximate surface area is 152 Å². The van der Waals surface area contributed by atoms with Crippen molar-refractivity contribution in [2.75, 3.05) is 17.7 Å². The monoisotopic (exact) mass is 383 g/mol. The summed E-state index contributed by atoms with van der Waals surface area (Å²) in [6.07, 6.45) is 0. The first-order valence-corrected chi connectivity index (χ1v) is 8.55. The number of carbonyl (C=O) groups excluding carboxylic acids is 2. The fraction of sp³-hybridized carbons (Fsp3) is 0.222. The highest BCUT2D eigenvalue weighted by Gasteiger charge is 2.16. The molecule has 0 unspecified atom stereocenters. The number of hydrogen-bond donors (Lipinski definition) is 1. The van der Waals surface area contributed by atoms with E-state index in [2.05, 4.69) is 0 Å². The maximum Gasteiger partial charge on any atom is 0.316 e. The second kappa shape index (κ2) is 8.75. The summed E-state index contributed by atoms with van der Waals surface area (Å²) >= 11 is 1.26. The van der Waals surface area contributed by atoms with E-state index in [4.69, 9.17) is 4.74 Å². The first kappa shape index (κ1) is 19.8. The largest absolute Gasteiger partial charge is 0.455 e. The SMILES string of the molecule is Cc1ccc(SCC(=O)OCC(=O)Nc2ccc(F)c(F)c2F)cc1C. The summed E-state index contributed by atoms with van der Waals surface area (Å²) in [5.74, 6) is -6.07. The van der Waals surface area contributed by atoms with E-state index in [0.717, 1.165) is 22.1 Å². The molecule has 0 heterocycles. The molecule has 0 spiro atoms. The zero-order valence-corrected chi connectivity index (χ0v) is 14.9. The van der Waals surface area contributed by atoms with Crippen LogP contribution in [0.15, 0.2) is 35.2 Å². The Kier molecular flexibility index (Phi) is 6.68. The summed E-state index contributed by atoms with van der Waals surface area (Å²) in [5, 5.41) is 2.02. The van der Waals surface area contributed by atoms with E-state index in [-0.39, 0.29) is 5.75 Å². The minimum atomic E-state index is -1.69. The van der Waals surface area contributed by atoms with Crippen molar-refractivity contribution < 1.29 is 27.5 Å². The number of thioether (sulfide) groups is 1. The first-order valence-electron chi connectivity index (χ1n) is 7.57. The van der Waals surface area contributed by atoms with Crippen LogP contribution >= 0.6 is 11.8 Å². The Morgan fingerprint density at radius 2 is 1.77 bits per heavy atom. The van der Waals surface area contributed by atoms with Gasteiger partial charge in [0.25, 0.3) is 5.91 Å². The molecule has 0 aliphatic rings. The predicted molar refractivity (Wildman–Crippen MR) is 92.5 cm³/mol. The number of ether oxygens (including phenoxy) is 1. The molecular weight excluding hydrogens is 367 g/mol. The number of anilines is 1. The fourth-order valence-electron chi connectivity index (χ4n) is 1.94. The molecule has 2 aromatic rings. The molecule has 2 rings (SSSR count). The number of aryl methyl sites for hydroxylation is 2. The zero-order chi connectivity index (χ0) is 19.3. The van der Waals surface area contributed by atoms with Crippen LogP contribution in [-0.4, -0.2) is 24.2 Å². The number of hydrogen-bond acceptors (Lipinski definition) is 4. The number of rotatable bonds is 6. The normalized spacial score (nSPS) is 10.5. The number of nitrogens with one attached hydrogen (secondary N) is 1. The maximum atomic E-state index is 13.5. The molecule has 1 amide bonds. The van der Waals surface area contributed by atoms with Gasteiger partial charge in [-0.1, -0.05) is 6.07 Å². The molecule has 0 bridgehead atoms. The molecule has 0 aliphatic heterocycles. The van der Waals surface area contributed by atoms with Crippen LogP contribution in [0.2, 0.25) is 0 Å². The first-order chi connectivity index (χ1) is 12.3. The van der Waals surface area contributed by atoms with Gasteiger partial charge in [0.05, 0.1) is 11.4 Å². The highest BCUT2D eigenvalue weighted by atomic mass is 32.2. The summed E-state index contributed by atoms with van der Waals surface area (Å²) < 4.78 is 44.1. The number of benzene rings is 2. The van der Waals surface area contributed by atoms with E-state index in [1.807, 2.05) is 37.4 Å². The van der Waals surface area contributed by atoms with E-state index in [1.54, 1.807) is 0 Å². The maximum absolute atomic E-state index is 13.5. The van der Waals surface area contributed by atoms with Crippen LogP contribution in [0.1, 0.15) is 11.1 Å². The van der Waals surface area contributed by atoms with E-state index in [9.17, 15) is 22.8 Å². The van der Waals surface area contributed by atoms with Crippen LogP contribution in [0, 0.1) is 31.3 Å². The summed E-state index contributed by atoms with van der Waals surface area (Å²) in [4.78, 5) is 24.2. The van der Waals surface area contributed by atoms with Gasteiger partial charge in [0.2, 0.25) is 0 Å². The van der Waals surface area contributed by atoms with Gasteiger partial charge in [-0.15, -0.1) is 11.8 Å². The van der Waals surface area contributed by atoms with Crippen molar-refractivity contribution in [3.63, 3.8) is 0 Å². The van der Waals surface area contributed by atoms with Gasteiger partial charge >= 0.3 is 5.97 Å².